The smallest absolute Gasteiger partial charge is 0.323 e. The lowest BCUT2D eigenvalue weighted by Crippen LogP contribution is -2.46. The van der Waals surface area contributed by atoms with E-state index in [0.717, 1.165) is 5.56 Å². The number of hydrogen-bond acceptors (Lipinski definition) is 5. The van der Waals surface area contributed by atoms with E-state index in [1.807, 2.05) is 13.0 Å². The van der Waals surface area contributed by atoms with Crippen LogP contribution in [0, 0.1) is 5.92 Å². The third-order valence-corrected chi connectivity index (χ3v) is 3.64. The molecule has 0 bridgehead atoms. The molecular formula is C16H25NO5. The SMILES string of the molecule is COc1ccc(OC)c(OC)c1CC(C)CC(C)(N)C(=O)O. The zero-order valence-corrected chi connectivity index (χ0v) is 13.8. The van der Waals surface area contributed by atoms with E-state index >= 15 is 0 Å². The molecule has 0 aliphatic rings. The second kappa shape index (κ2) is 7.35. The molecule has 1 aromatic carbocycles. The highest BCUT2D eigenvalue weighted by atomic mass is 16.5. The fourth-order valence-corrected chi connectivity index (χ4v) is 2.59. The summed E-state index contributed by atoms with van der Waals surface area (Å²) in [6, 6.07) is 3.58. The van der Waals surface area contributed by atoms with Gasteiger partial charge in [0.2, 0.25) is 0 Å². The van der Waals surface area contributed by atoms with Crippen LogP contribution in [-0.2, 0) is 11.2 Å². The second-order valence-corrected chi connectivity index (χ2v) is 5.72. The van der Waals surface area contributed by atoms with Gasteiger partial charge >= 0.3 is 5.97 Å². The van der Waals surface area contributed by atoms with Crippen LogP contribution in [0.1, 0.15) is 25.8 Å². The summed E-state index contributed by atoms with van der Waals surface area (Å²) in [4.78, 5) is 11.2. The van der Waals surface area contributed by atoms with Crippen LogP contribution in [0.5, 0.6) is 17.2 Å². The Balaban J connectivity index is 3.07. The van der Waals surface area contributed by atoms with E-state index in [-0.39, 0.29) is 5.92 Å². The third kappa shape index (κ3) is 4.04. The van der Waals surface area contributed by atoms with Crippen LogP contribution in [0.25, 0.3) is 0 Å². The molecule has 0 radical (unpaired) electrons. The van der Waals surface area contributed by atoms with Gasteiger partial charge in [-0.25, -0.2) is 0 Å². The summed E-state index contributed by atoms with van der Waals surface area (Å²) in [5, 5.41) is 9.15. The Labute approximate surface area is 131 Å². The number of carboxylic acid groups (broad SMARTS) is 1. The maximum Gasteiger partial charge on any atom is 0.323 e. The van der Waals surface area contributed by atoms with Crippen molar-refractivity contribution in [2.75, 3.05) is 21.3 Å². The van der Waals surface area contributed by atoms with Gasteiger partial charge in [0.05, 0.1) is 21.3 Å². The molecule has 0 aliphatic carbocycles. The molecule has 2 unspecified atom stereocenters. The van der Waals surface area contributed by atoms with Crippen molar-refractivity contribution in [1.82, 2.24) is 0 Å². The van der Waals surface area contributed by atoms with E-state index in [4.69, 9.17) is 25.1 Å². The maximum atomic E-state index is 11.2. The zero-order valence-electron chi connectivity index (χ0n) is 13.8. The monoisotopic (exact) mass is 311 g/mol. The van der Waals surface area contributed by atoms with Crippen LogP contribution in [0.3, 0.4) is 0 Å². The van der Waals surface area contributed by atoms with E-state index in [2.05, 4.69) is 0 Å². The van der Waals surface area contributed by atoms with Crippen molar-refractivity contribution < 1.29 is 24.1 Å². The molecule has 124 valence electrons. The first-order valence-corrected chi connectivity index (χ1v) is 7.07. The summed E-state index contributed by atoms with van der Waals surface area (Å²) in [6.45, 7) is 3.47. The fourth-order valence-electron chi connectivity index (χ4n) is 2.59. The van der Waals surface area contributed by atoms with Gasteiger partial charge in [0.25, 0.3) is 0 Å². The average Bonchev–Trinajstić information content (AvgIpc) is 2.45. The number of hydrogen-bond donors (Lipinski definition) is 2. The molecule has 0 fully saturated rings. The molecule has 6 nitrogen and oxygen atoms in total. The largest absolute Gasteiger partial charge is 0.496 e. The Hall–Kier alpha value is -1.95. The van der Waals surface area contributed by atoms with Crippen molar-refractivity contribution in [3.63, 3.8) is 0 Å². The van der Waals surface area contributed by atoms with Gasteiger partial charge in [-0.3, -0.25) is 4.79 Å². The molecule has 0 saturated carbocycles. The molecular weight excluding hydrogens is 286 g/mol. The van der Waals surface area contributed by atoms with Crippen molar-refractivity contribution in [3.05, 3.63) is 17.7 Å². The van der Waals surface area contributed by atoms with Crippen LogP contribution in [0.15, 0.2) is 12.1 Å². The van der Waals surface area contributed by atoms with Gasteiger partial charge in [0.15, 0.2) is 11.5 Å². The highest BCUT2D eigenvalue weighted by molar-refractivity contribution is 5.77. The summed E-state index contributed by atoms with van der Waals surface area (Å²) < 4.78 is 16.1. The Morgan fingerprint density at radius 2 is 1.77 bits per heavy atom. The third-order valence-electron chi connectivity index (χ3n) is 3.64. The summed E-state index contributed by atoms with van der Waals surface area (Å²) in [5.41, 5.74) is 5.40. The molecule has 0 aromatic heterocycles. The van der Waals surface area contributed by atoms with Crippen molar-refractivity contribution in [1.29, 1.82) is 0 Å². The molecule has 0 spiro atoms. The second-order valence-electron chi connectivity index (χ2n) is 5.72. The number of benzene rings is 1. The van der Waals surface area contributed by atoms with Crippen LogP contribution < -0.4 is 19.9 Å². The van der Waals surface area contributed by atoms with Crippen LogP contribution in [0.4, 0.5) is 0 Å². The van der Waals surface area contributed by atoms with Crippen molar-refractivity contribution in [2.45, 2.75) is 32.2 Å². The number of carboxylic acids is 1. The minimum absolute atomic E-state index is 0.0287. The standard InChI is InChI=1S/C16H25NO5/c1-10(9-16(2,17)15(18)19)8-11-12(20-3)6-7-13(21-4)14(11)22-5/h6-7,10H,8-9,17H2,1-5H3,(H,18,19). The molecule has 0 amide bonds. The fraction of sp³-hybridized carbons (Fsp3) is 0.562. The van der Waals surface area contributed by atoms with Gasteiger partial charge in [-0.2, -0.15) is 0 Å². The summed E-state index contributed by atoms with van der Waals surface area (Å²) in [6.07, 6.45) is 0.912. The first-order valence-electron chi connectivity index (χ1n) is 7.07. The van der Waals surface area contributed by atoms with Crippen molar-refractivity contribution in [3.8, 4) is 17.2 Å². The van der Waals surface area contributed by atoms with E-state index in [9.17, 15) is 4.79 Å². The maximum absolute atomic E-state index is 11.2. The first-order chi connectivity index (χ1) is 10.3. The lowest BCUT2D eigenvalue weighted by Gasteiger charge is -2.25. The Kier molecular flexibility index (Phi) is 6.05. The topological polar surface area (TPSA) is 91.0 Å². The van der Waals surface area contributed by atoms with Gasteiger partial charge in [-0.1, -0.05) is 6.92 Å². The Bertz CT molecular complexity index is 528. The quantitative estimate of drug-likeness (QED) is 0.764. The van der Waals surface area contributed by atoms with Gasteiger partial charge in [0, 0.05) is 5.56 Å². The van der Waals surface area contributed by atoms with Gasteiger partial charge in [-0.05, 0) is 37.8 Å². The highest BCUT2D eigenvalue weighted by Crippen LogP contribution is 2.39. The van der Waals surface area contributed by atoms with Crippen LogP contribution in [0.2, 0.25) is 0 Å². The number of nitrogens with two attached hydrogens (primary N) is 1. The minimum Gasteiger partial charge on any atom is -0.496 e. The van der Waals surface area contributed by atoms with Crippen molar-refractivity contribution >= 4 is 5.97 Å². The Morgan fingerprint density at radius 3 is 2.23 bits per heavy atom. The Morgan fingerprint density at radius 1 is 1.23 bits per heavy atom. The number of aliphatic carboxylic acids is 1. The molecule has 22 heavy (non-hydrogen) atoms. The molecule has 0 saturated heterocycles. The summed E-state index contributed by atoms with van der Waals surface area (Å²) in [7, 11) is 4.72. The minimum atomic E-state index is -1.27. The van der Waals surface area contributed by atoms with Crippen LogP contribution in [-0.4, -0.2) is 37.9 Å². The van der Waals surface area contributed by atoms with Crippen LogP contribution >= 0.6 is 0 Å². The summed E-state index contributed by atoms with van der Waals surface area (Å²) in [5.74, 6) is 0.908. The zero-order chi connectivity index (χ0) is 16.9. The number of rotatable bonds is 8. The lowest BCUT2D eigenvalue weighted by atomic mass is 9.86. The van der Waals surface area contributed by atoms with Gasteiger partial charge in [0.1, 0.15) is 11.3 Å². The van der Waals surface area contributed by atoms with Gasteiger partial charge in [-0.15, -0.1) is 0 Å². The average molecular weight is 311 g/mol. The molecule has 6 heteroatoms. The van der Waals surface area contributed by atoms with E-state index in [1.165, 1.54) is 6.92 Å². The summed E-state index contributed by atoms with van der Waals surface area (Å²) >= 11 is 0. The molecule has 1 aromatic rings. The molecule has 1 rings (SSSR count). The van der Waals surface area contributed by atoms with E-state index < -0.39 is 11.5 Å². The predicted octanol–water partition coefficient (Wildman–Crippen LogP) is 2.08. The first kappa shape index (κ1) is 18.1. The molecule has 0 aliphatic heterocycles. The normalized spacial score (nSPS) is 14.8. The number of carbonyl (C=O) groups is 1. The number of methoxy groups -OCH3 is 3. The van der Waals surface area contributed by atoms with Crippen molar-refractivity contribution in [2.24, 2.45) is 11.7 Å². The van der Waals surface area contributed by atoms with Gasteiger partial charge < -0.3 is 25.1 Å². The van der Waals surface area contributed by atoms with E-state index in [0.29, 0.717) is 30.1 Å². The predicted molar refractivity (Wildman–Crippen MR) is 83.8 cm³/mol. The van der Waals surface area contributed by atoms with E-state index in [1.54, 1.807) is 27.4 Å². The molecule has 2 atom stereocenters. The lowest BCUT2D eigenvalue weighted by molar-refractivity contribution is -0.143. The molecule has 0 heterocycles. The highest BCUT2D eigenvalue weighted by Gasteiger charge is 2.31. The molecule has 3 N–H and O–H groups in total. The number of ether oxygens (including phenoxy) is 3.